The van der Waals surface area contributed by atoms with E-state index in [1.807, 2.05) is 23.9 Å². The fraction of sp³-hybridized carbons (Fsp3) is 0.118. The van der Waals surface area contributed by atoms with Crippen LogP contribution in [0.25, 0.3) is 22.0 Å². The molecule has 0 aliphatic carbocycles. The number of carbonyl (C=O) groups is 1. The van der Waals surface area contributed by atoms with Crippen LogP contribution in [0.3, 0.4) is 0 Å². The van der Waals surface area contributed by atoms with Crippen molar-refractivity contribution < 1.29 is 14.3 Å². The fourth-order valence-electron chi connectivity index (χ4n) is 2.59. The second kappa shape index (κ2) is 4.74. The van der Waals surface area contributed by atoms with Gasteiger partial charge in [0.2, 0.25) is 0 Å². The monoisotopic (exact) mass is 283 g/mol. The molecule has 0 spiro atoms. The zero-order valence-corrected chi connectivity index (χ0v) is 11.7. The van der Waals surface area contributed by atoms with Crippen molar-refractivity contribution in [3.63, 3.8) is 0 Å². The van der Waals surface area contributed by atoms with Crippen LogP contribution in [0, 0.1) is 12.7 Å². The molecule has 0 unspecified atom stereocenters. The Balaban J connectivity index is 2.30. The Labute approximate surface area is 121 Å². The van der Waals surface area contributed by atoms with Gasteiger partial charge in [0, 0.05) is 35.3 Å². The summed E-state index contributed by atoms with van der Waals surface area (Å²) >= 11 is 0. The standard InChI is InChI=1S/C17H14FNO2/c1-10-4-3-5-13(16(10)18)14-9-19(2)15-8-11(17(20)21)6-7-12(14)15/h3-9H,1-2H3,(H,20,21). The van der Waals surface area contributed by atoms with E-state index >= 15 is 0 Å². The number of rotatable bonds is 2. The zero-order valence-electron chi connectivity index (χ0n) is 11.7. The Bertz CT molecular complexity index is 865. The van der Waals surface area contributed by atoms with Crippen molar-refractivity contribution in [1.82, 2.24) is 4.57 Å². The van der Waals surface area contributed by atoms with Gasteiger partial charge in [0.25, 0.3) is 0 Å². The number of aryl methyl sites for hydroxylation is 2. The first-order valence-electron chi connectivity index (χ1n) is 6.57. The van der Waals surface area contributed by atoms with Crippen LogP contribution in [0.5, 0.6) is 0 Å². The van der Waals surface area contributed by atoms with Crippen LogP contribution >= 0.6 is 0 Å². The summed E-state index contributed by atoms with van der Waals surface area (Å²) in [6.07, 6.45) is 1.83. The second-order valence-electron chi connectivity index (χ2n) is 5.13. The number of carboxylic acid groups (broad SMARTS) is 1. The molecule has 4 heteroatoms. The van der Waals surface area contributed by atoms with Gasteiger partial charge in [0.15, 0.2) is 0 Å². The minimum absolute atomic E-state index is 0.222. The molecule has 0 bridgehead atoms. The predicted molar refractivity (Wildman–Crippen MR) is 80.0 cm³/mol. The third kappa shape index (κ3) is 2.09. The Hall–Kier alpha value is -2.62. The molecular weight excluding hydrogens is 269 g/mol. The van der Waals surface area contributed by atoms with Crippen LogP contribution in [-0.4, -0.2) is 15.6 Å². The second-order valence-corrected chi connectivity index (χ2v) is 5.13. The quantitative estimate of drug-likeness (QED) is 0.772. The van der Waals surface area contributed by atoms with Gasteiger partial charge in [0.05, 0.1) is 5.56 Å². The molecule has 106 valence electrons. The summed E-state index contributed by atoms with van der Waals surface area (Å²) in [6, 6.07) is 10.2. The molecule has 0 saturated heterocycles. The summed E-state index contributed by atoms with van der Waals surface area (Å²) < 4.78 is 16.1. The Morgan fingerprint density at radius 1 is 1.19 bits per heavy atom. The molecule has 3 nitrogen and oxygen atoms in total. The van der Waals surface area contributed by atoms with Gasteiger partial charge >= 0.3 is 5.97 Å². The number of carboxylic acids is 1. The van der Waals surface area contributed by atoms with E-state index in [1.165, 1.54) is 0 Å². The molecule has 0 aliphatic rings. The van der Waals surface area contributed by atoms with E-state index in [2.05, 4.69) is 0 Å². The fourth-order valence-corrected chi connectivity index (χ4v) is 2.59. The number of halogens is 1. The minimum Gasteiger partial charge on any atom is -0.478 e. The maximum Gasteiger partial charge on any atom is 0.335 e. The Morgan fingerprint density at radius 3 is 2.67 bits per heavy atom. The van der Waals surface area contributed by atoms with Gasteiger partial charge in [-0.25, -0.2) is 9.18 Å². The van der Waals surface area contributed by atoms with Gasteiger partial charge in [-0.2, -0.15) is 0 Å². The number of fused-ring (bicyclic) bond motifs is 1. The first kappa shape index (κ1) is 13.4. The highest BCUT2D eigenvalue weighted by Gasteiger charge is 2.15. The number of aromatic nitrogens is 1. The molecule has 0 radical (unpaired) electrons. The van der Waals surface area contributed by atoms with Gasteiger partial charge in [0.1, 0.15) is 5.82 Å². The molecule has 0 saturated carbocycles. The van der Waals surface area contributed by atoms with Crippen molar-refractivity contribution in [3.05, 3.63) is 59.5 Å². The molecule has 0 fully saturated rings. The normalized spacial score (nSPS) is 11.0. The molecule has 21 heavy (non-hydrogen) atoms. The first-order valence-corrected chi connectivity index (χ1v) is 6.57. The zero-order chi connectivity index (χ0) is 15.1. The van der Waals surface area contributed by atoms with Crippen LogP contribution in [0.2, 0.25) is 0 Å². The van der Waals surface area contributed by atoms with Crippen molar-refractivity contribution in [2.75, 3.05) is 0 Å². The van der Waals surface area contributed by atoms with Crippen molar-refractivity contribution >= 4 is 16.9 Å². The van der Waals surface area contributed by atoms with Gasteiger partial charge in [-0.15, -0.1) is 0 Å². The minimum atomic E-state index is -0.971. The highest BCUT2D eigenvalue weighted by molar-refractivity contribution is 6.00. The van der Waals surface area contributed by atoms with Crippen molar-refractivity contribution in [2.45, 2.75) is 6.92 Å². The Kier molecular flexibility index (Phi) is 3.01. The van der Waals surface area contributed by atoms with Crippen LogP contribution in [-0.2, 0) is 7.05 Å². The highest BCUT2D eigenvalue weighted by Crippen LogP contribution is 2.33. The average molecular weight is 283 g/mol. The lowest BCUT2D eigenvalue weighted by atomic mass is 10.0. The van der Waals surface area contributed by atoms with Crippen molar-refractivity contribution in [2.24, 2.45) is 7.05 Å². The molecule has 1 aromatic heterocycles. The van der Waals surface area contributed by atoms with Crippen molar-refractivity contribution in [1.29, 1.82) is 0 Å². The van der Waals surface area contributed by atoms with E-state index in [0.29, 0.717) is 11.1 Å². The number of hydrogen-bond acceptors (Lipinski definition) is 1. The lowest BCUT2D eigenvalue weighted by molar-refractivity contribution is 0.0697. The highest BCUT2D eigenvalue weighted by atomic mass is 19.1. The molecule has 1 heterocycles. The van der Waals surface area contributed by atoms with Crippen molar-refractivity contribution in [3.8, 4) is 11.1 Å². The third-order valence-corrected chi connectivity index (χ3v) is 3.72. The first-order chi connectivity index (χ1) is 9.99. The van der Waals surface area contributed by atoms with E-state index in [1.54, 1.807) is 37.3 Å². The summed E-state index contributed by atoms with van der Waals surface area (Å²) in [5.41, 5.74) is 2.88. The van der Waals surface area contributed by atoms with E-state index in [9.17, 15) is 9.18 Å². The van der Waals surface area contributed by atoms with Gasteiger partial charge in [-0.3, -0.25) is 0 Å². The molecule has 0 amide bonds. The largest absolute Gasteiger partial charge is 0.478 e. The van der Waals surface area contributed by atoms with Crippen LogP contribution in [0.15, 0.2) is 42.6 Å². The van der Waals surface area contributed by atoms with E-state index in [4.69, 9.17) is 5.11 Å². The number of nitrogens with zero attached hydrogens (tertiary/aromatic N) is 1. The van der Waals surface area contributed by atoms with Crippen LogP contribution < -0.4 is 0 Å². The molecule has 3 aromatic rings. The average Bonchev–Trinajstić information content (AvgIpc) is 2.78. The number of aromatic carboxylic acids is 1. The topological polar surface area (TPSA) is 42.2 Å². The molecule has 2 aromatic carbocycles. The van der Waals surface area contributed by atoms with E-state index < -0.39 is 5.97 Å². The SMILES string of the molecule is Cc1cccc(-c2cn(C)c3cc(C(=O)O)ccc23)c1F. The van der Waals surface area contributed by atoms with Crippen LogP contribution in [0.4, 0.5) is 4.39 Å². The predicted octanol–water partition coefficient (Wildman–Crippen LogP) is 3.99. The molecule has 0 atom stereocenters. The van der Waals surface area contributed by atoms with Gasteiger partial charge in [-0.1, -0.05) is 24.3 Å². The maximum absolute atomic E-state index is 14.3. The molecule has 1 N–H and O–H groups in total. The smallest absolute Gasteiger partial charge is 0.335 e. The number of benzene rings is 2. The van der Waals surface area contributed by atoms with E-state index in [-0.39, 0.29) is 11.4 Å². The molecule has 3 rings (SSSR count). The Morgan fingerprint density at radius 2 is 1.95 bits per heavy atom. The lowest BCUT2D eigenvalue weighted by Crippen LogP contribution is -1.96. The summed E-state index contributed by atoms with van der Waals surface area (Å²) in [5, 5.41) is 9.91. The maximum atomic E-state index is 14.3. The van der Waals surface area contributed by atoms with Gasteiger partial charge < -0.3 is 9.67 Å². The molecular formula is C17H14FNO2. The molecule has 0 aliphatic heterocycles. The summed E-state index contributed by atoms with van der Waals surface area (Å²) in [7, 11) is 1.82. The summed E-state index contributed by atoms with van der Waals surface area (Å²) in [6.45, 7) is 1.73. The number of hydrogen-bond donors (Lipinski definition) is 1. The lowest BCUT2D eigenvalue weighted by Gasteiger charge is -2.04. The third-order valence-electron chi connectivity index (χ3n) is 3.72. The van der Waals surface area contributed by atoms with E-state index in [0.717, 1.165) is 16.5 Å². The van der Waals surface area contributed by atoms with Crippen LogP contribution in [0.1, 0.15) is 15.9 Å². The van der Waals surface area contributed by atoms with Gasteiger partial charge in [-0.05, 0) is 24.6 Å². The summed E-state index contributed by atoms with van der Waals surface area (Å²) in [5.74, 6) is -1.21. The summed E-state index contributed by atoms with van der Waals surface area (Å²) in [4.78, 5) is 11.1.